The van der Waals surface area contributed by atoms with Crippen molar-refractivity contribution in [2.24, 2.45) is 0 Å². The second-order valence-electron chi connectivity index (χ2n) is 6.42. The SMILES string of the molecule is COC(=O)c1cn(COCC[Si](C)(C)C)c2ncc(O)cc12. The predicted octanol–water partition coefficient (Wildman–Crippen LogP) is 2.84. The number of carbonyl (C=O) groups excluding carboxylic acids is 1. The third-order valence-corrected chi connectivity index (χ3v) is 5.04. The predicted molar refractivity (Wildman–Crippen MR) is 86.8 cm³/mol. The van der Waals surface area contributed by atoms with Crippen LogP contribution in [0.3, 0.4) is 0 Å². The van der Waals surface area contributed by atoms with E-state index in [2.05, 4.69) is 24.6 Å². The van der Waals surface area contributed by atoms with Crippen molar-refractivity contribution in [1.82, 2.24) is 9.55 Å². The van der Waals surface area contributed by atoms with Crippen LogP contribution in [0, 0.1) is 0 Å². The second kappa shape index (κ2) is 6.49. The number of nitrogens with zero attached hydrogens (tertiary/aromatic N) is 2. The van der Waals surface area contributed by atoms with Gasteiger partial charge in [-0.05, 0) is 12.1 Å². The zero-order valence-electron chi connectivity index (χ0n) is 13.4. The monoisotopic (exact) mass is 322 g/mol. The highest BCUT2D eigenvalue weighted by Gasteiger charge is 2.17. The van der Waals surface area contributed by atoms with E-state index in [1.165, 1.54) is 19.4 Å². The van der Waals surface area contributed by atoms with Crippen LogP contribution in [0.5, 0.6) is 5.75 Å². The number of pyridine rings is 1. The van der Waals surface area contributed by atoms with E-state index in [1.807, 2.05) is 0 Å². The molecule has 0 aliphatic rings. The highest BCUT2D eigenvalue weighted by Crippen LogP contribution is 2.24. The van der Waals surface area contributed by atoms with Gasteiger partial charge in [-0.15, -0.1) is 0 Å². The summed E-state index contributed by atoms with van der Waals surface area (Å²) in [6, 6.07) is 2.58. The minimum atomic E-state index is -1.13. The number of rotatable bonds is 6. The molecule has 0 amide bonds. The third-order valence-electron chi connectivity index (χ3n) is 3.33. The van der Waals surface area contributed by atoms with Crippen LogP contribution in [-0.4, -0.2) is 42.4 Å². The summed E-state index contributed by atoms with van der Waals surface area (Å²) in [5, 5.41) is 10.1. The molecule has 2 heterocycles. The maximum absolute atomic E-state index is 11.8. The number of methoxy groups -OCH3 is 1. The van der Waals surface area contributed by atoms with Crippen LogP contribution < -0.4 is 0 Å². The summed E-state index contributed by atoms with van der Waals surface area (Å²) >= 11 is 0. The van der Waals surface area contributed by atoms with Gasteiger partial charge in [0.1, 0.15) is 18.1 Å². The lowest BCUT2D eigenvalue weighted by Crippen LogP contribution is -2.22. The Kier molecular flexibility index (Phi) is 4.87. The topological polar surface area (TPSA) is 73.6 Å². The fourth-order valence-electron chi connectivity index (χ4n) is 2.07. The molecule has 0 spiro atoms. The molecule has 0 aromatic carbocycles. The summed E-state index contributed by atoms with van der Waals surface area (Å²) in [6.45, 7) is 7.88. The molecule has 0 saturated carbocycles. The lowest BCUT2D eigenvalue weighted by molar-refractivity contribution is 0.0601. The highest BCUT2D eigenvalue weighted by atomic mass is 28.3. The molecular weight excluding hydrogens is 300 g/mol. The van der Waals surface area contributed by atoms with Crippen LogP contribution in [0.15, 0.2) is 18.5 Å². The van der Waals surface area contributed by atoms with Gasteiger partial charge < -0.3 is 19.1 Å². The molecular formula is C15H22N2O4Si. The summed E-state index contributed by atoms with van der Waals surface area (Å²) in [5.41, 5.74) is 0.959. The van der Waals surface area contributed by atoms with Crippen molar-refractivity contribution in [3.63, 3.8) is 0 Å². The summed E-state index contributed by atoms with van der Waals surface area (Å²) in [7, 11) is 0.194. The highest BCUT2D eigenvalue weighted by molar-refractivity contribution is 6.76. The largest absolute Gasteiger partial charge is 0.506 e. The summed E-state index contributed by atoms with van der Waals surface area (Å²) in [5.74, 6) is -0.451. The number of carbonyl (C=O) groups is 1. The van der Waals surface area contributed by atoms with E-state index in [0.29, 0.717) is 29.9 Å². The lowest BCUT2D eigenvalue weighted by Gasteiger charge is -2.15. The molecule has 2 aromatic heterocycles. The number of hydrogen-bond donors (Lipinski definition) is 1. The van der Waals surface area contributed by atoms with Crippen LogP contribution in [0.4, 0.5) is 0 Å². The summed E-state index contributed by atoms with van der Waals surface area (Å²) in [6.07, 6.45) is 3.00. The first-order chi connectivity index (χ1) is 10.3. The zero-order valence-corrected chi connectivity index (χ0v) is 14.4. The molecule has 0 atom stereocenters. The first-order valence-corrected chi connectivity index (χ1v) is 10.9. The summed E-state index contributed by atoms with van der Waals surface area (Å²) < 4.78 is 12.2. The normalized spacial score (nSPS) is 11.8. The Bertz CT molecular complexity index is 676. The molecule has 0 radical (unpaired) electrons. The Morgan fingerprint density at radius 1 is 1.41 bits per heavy atom. The van der Waals surface area contributed by atoms with Gasteiger partial charge in [-0.1, -0.05) is 19.6 Å². The van der Waals surface area contributed by atoms with Gasteiger partial charge in [0, 0.05) is 26.3 Å². The standard InChI is InChI=1S/C15H22N2O4Si/c1-20-15(19)13-9-17(10-21-5-6-22(2,3)4)14-12(13)7-11(18)8-16-14/h7-9,18H,5-6,10H2,1-4H3. The van der Waals surface area contributed by atoms with E-state index in [0.717, 1.165) is 6.04 Å². The number of ether oxygens (including phenoxy) is 2. The minimum absolute atomic E-state index is 0.00931. The van der Waals surface area contributed by atoms with E-state index >= 15 is 0 Å². The molecule has 0 unspecified atom stereocenters. The average molecular weight is 322 g/mol. The van der Waals surface area contributed by atoms with Crippen LogP contribution in [-0.2, 0) is 16.2 Å². The molecule has 6 nitrogen and oxygen atoms in total. The molecule has 2 rings (SSSR count). The molecule has 0 bridgehead atoms. The van der Waals surface area contributed by atoms with E-state index in [-0.39, 0.29) is 5.75 Å². The van der Waals surface area contributed by atoms with Crippen LogP contribution in [0.1, 0.15) is 10.4 Å². The zero-order chi connectivity index (χ0) is 16.3. The average Bonchev–Trinajstić information content (AvgIpc) is 2.79. The maximum atomic E-state index is 11.8. The fraction of sp³-hybridized carbons (Fsp3) is 0.467. The van der Waals surface area contributed by atoms with Crippen molar-refractivity contribution >= 4 is 25.1 Å². The van der Waals surface area contributed by atoms with Gasteiger partial charge in [0.25, 0.3) is 0 Å². The Morgan fingerprint density at radius 3 is 2.77 bits per heavy atom. The van der Waals surface area contributed by atoms with E-state index in [4.69, 9.17) is 9.47 Å². The summed E-state index contributed by atoms with van der Waals surface area (Å²) in [4.78, 5) is 16.0. The van der Waals surface area contributed by atoms with Gasteiger partial charge in [-0.2, -0.15) is 0 Å². The van der Waals surface area contributed by atoms with Gasteiger partial charge in [0.15, 0.2) is 0 Å². The Balaban J connectivity index is 2.21. The Labute approximate surface area is 130 Å². The Hall–Kier alpha value is -1.86. The van der Waals surface area contributed by atoms with Crippen molar-refractivity contribution in [3.8, 4) is 5.75 Å². The molecule has 2 aromatic rings. The lowest BCUT2D eigenvalue weighted by atomic mass is 10.2. The van der Waals surface area contributed by atoms with Crippen LogP contribution in [0.2, 0.25) is 25.7 Å². The van der Waals surface area contributed by atoms with Crippen molar-refractivity contribution in [1.29, 1.82) is 0 Å². The molecule has 0 fully saturated rings. The maximum Gasteiger partial charge on any atom is 0.340 e. The van der Waals surface area contributed by atoms with Crippen LogP contribution in [0.25, 0.3) is 11.0 Å². The van der Waals surface area contributed by atoms with Gasteiger partial charge in [-0.3, -0.25) is 0 Å². The number of esters is 1. The number of fused-ring (bicyclic) bond motifs is 1. The van der Waals surface area contributed by atoms with Crippen molar-refractivity contribution in [2.45, 2.75) is 32.4 Å². The third kappa shape index (κ3) is 3.86. The van der Waals surface area contributed by atoms with Crippen LogP contribution >= 0.6 is 0 Å². The molecule has 7 heteroatoms. The van der Waals surface area contributed by atoms with E-state index in [1.54, 1.807) is 10.8 Å². The minimum Gasteiger partial charge on any atom is -0.506 e. The first kappa shape index (κ1) is 16.5. The van der Waals surface area contributed by atoms with Crippen molar-refractivity contribution in [2.75, 3.05) is 13.7 Å². The first-order valence-electron chi connectivity index (χ1n) is 7.16. The van der Waals surface area contributed by atoms with Gasteiger partial charge in [-0.25, -0.2) is 9.78 Å². The quantitative estimate of drug-likeness (QED) is 0.503. The number of hydrogen-bond acceptors (Lipinski definition) is 5. The molecule has 0 saturated heterocycles. The Morgan fingerprint density at radius 2 is 2.14 bits per heavy atom. The molecule has 1 N–H and O–H groups in total. The van der Waals surface area contributed by atoms with Crippen molar-refractivity contribution in [3.05, 3.63) is 24.0 Å². The van der Waals surface area contributed by atoms with Crippen molar-refractivity contribution < 1.29 is 19.4 Å². The van der Waals surface area contributed by atoms with E-state index in [9.17, 15) is 9.90 Å². The fourth-order valence-corrected chi connectivity index (χ4v) is 2.83. The second-order valence-corrected chi connectivity index (χ2v) is 12.0. The molecule has 0 aliphatic carbocycles. The number of aromatic hydroxyl groups is 1. The van der Waals surface area contributed by atoms with Gasteiger partial charge >= 0.3 is 5.97 Å². The van der Waals surface area contributed by atoms with E-state index < -0.39 is 14.0 Å². The molecule has 22 heavy (non-hydrogen) atoms. The number of aromatic nitrogens is 2. The smallest absolute Gasteiger partial charge is 0.340 e. The van der Waals surface area contributed by atoms with Gasteiger partial charge in [0.2, 0.25) is 0 Å². The molecule has 0 aliphatic heterocycles. The molecule has 120 valence electrons. The van der Waals surface area contributed by atoms with Gasteiger partial charge in [0.05, 0.1) is 18.9 Å².